The van der Waals surface area contributed by atoms with E-state index in [1.807, 2.05) is 6.92 Å². The minimum atomic E-state index is 1.10. The zero-order valence-corrected chi connectivity index (χ0v) is 13.3. The van der Waals surface area contributed by atoms with Crippen molar-refractivity contribution in [2.24, 2.45) is 7.05 Å². The zero-order valence-electron chi connectivity index (χ0n) is 13.3. The van der Waals surface area contributed by atoms with Crippen LogP contribution in [0.3, 0.4) is 0 Å². The standard InChI is InChI=1S/C17H26N2/c1-12(2)13(3)9-16(18(6)7)17-10-14(4)15(5)11-19(17)8/h9-11H,1H2,2-8H3/q+2. The van der Waals surface area contributed by atoms with E-state index in [1.165, 1.54) is 28.1 Å². The van der Waals surface area contributed by atoms with Crippen LogP contribution in [-0.2, 0) is 7.05 Å². The van der Waals surface area contributed by atoms with Gasteiger partial charge in [-0.2, -0.15) is 4.57 Å². The van der Waals surface area contributed by atoms with Crippen LogP contribution in [0, 0.1) is 13.8 Å². The van der Waals surface area contributed by atoms with Gasteiger partial charge in [0.25, 0.3) is 11.4 Å². The lowest BCUT2D eigenvalue weighted by molar-refractivity contribution is -0.675. The predicted molar refractivity (Wildman–Crippen MR) is 81.9 cm³/mol. The number of nitrogens with zero attached hydrogens (tertiary/aromatic N) is 2. The Labute approximate surface area is 117 Å². The summed E-state index contributed by atoms with van der Waals surface area (Å²) in [6, 6.07) is 2.24. The molecule has 0 saturated heterocycles. The van der Waals surface area contributed by atoms with E-state index in [0.717, 1.165) is 5.57 Å². The van der Waals surface area contributed by atoms with Crippen molar-refractivity contribution in [3.8, 4) is 0 Å². The van der Waals surface area contributed by atoms with E-state index in [9.17, 15) is 0 Å². The molecule has 1 rings (SSSR count). The van der Waals surface area contributed by atoms with Crippen LogP contribution in [0.1, 0.15) is 30.7 Å². The van der Waals surface area contributed by atoms with Gasteiger partial charge in [0, 0.05) is 17.7 Å². The number of allylic oxidation sites excluding steroid dienone is 3. The Morgan fingerprint density at radius 3 is 2.26 bits per heavy atom. The van der Waals surface area contributed by atoms with Crippen molar-refractivity contribution in [3.63, 3.8) is 0 Å². The maximum Gasteiger partial charge on any atom is 0.276 e. The molecule has 1 heterocycles. The molecule has 0 unspecified atom stereocenters. The molecule has 1 aromatic rings. The van der Waals surface area contributed by atoms with Crippen molar-refractivity contribution >= 4 is 5.71 Å². The number of pyridine rings is 1. The van der Waals surface area contributed by atoms with E-state index >= 15 is 0 Å². The molecule has 0 fully saturated rings. The molecule has 0 radical (unpaired) electrons. The van der Waals surface area contributed by atoms with Gasteiger partial charge < -0.3 is 0 Å². The molecular formula is C17H26N2+2. The lowest BCUT2D eigenvalue weighted by Gasteiger charge is -2.04. The first-order valence-corrected chi connectivity index (χ1v) is 6.59. The largest absolute Gasteiger partial charge is 0.276 e. The normalized spacial score (nSPS) is 11.4. The molecule has 0 aliphatic carbocycles. The molecule has 19 heavy (non-hydrogen) atoms. The lowest BCUT2D eigenvalue weighted by Crippen LogP contribution is -2.38. The molecule has 0 saturated carbocycles. The van der Waals surface area contributed by atoms with Gasteiger partial charge in [-0.15, -0.1) is 0 Å². The van der Waals surface area contributed by atoms with Crippen molar-refractivity contribution in [1.29, 1.82) is 0 Å². The smallest absolute Gasteiger partial charge is 0.230 e. The van der Waals surface area contributed by atoms with Crippen LogP contribution in [-0.4, -0.2) is 24.4 Å². The van der Waals surface area contributed by atoms with Crippen LogP contribution >= 0.6 is 0 Å². The molecule has 0 N–H and O–H groups in total. The Bertz CT molecular complexity index is 571. The topological polar surface area (TPSA) is 6.89 Å². The number of hydrogen-bond acceptors (Lipinski definition) is 0. The highest BCUT2D eigenvalue weighted by molar-refractivity contribution is 6.03. The summed E-state index contributed by atoms with van der Waals surface area (Å²) in [6.07, 6.45) is 4.38. The van der Waals surface area contributed by atoms with Gasteiger partial charge in [0.15, 0.2) is 6.20 Å². The van der Waals surface area contributed by atoms with Gasteiger partial charge in [-0.05, 0) is 38.8 Å². The average molecular weight is 258 g/mol. The second kappa shape index (κ2) is 5.96. The van der Waals surface area contributed by atoms with Gasteiger partial charge in [-0.3, -0.25) is 0 Å². The predicted octanol–water partition coefficient (Wildman–Crippen LogP) is 2.71. The Balaban J connectivity index is 3.47. The summed E-state index contributed by atoms with van der Waals surface area (Å²) in [5.41, 5.74) is 7.35. The average Bonchev–Trinajstić information content (AvgIpc) is 2.30. The fourth-order valence-corrected chi connectivity index (χ4v) is 1.90. The minimum Gasteiger partial charge on any atom is -0.230 e. The second-order valence-electron chi connectivity index (χ2n) is 5.52. The molecule has 0 spiro atoms. The quantitative estimate of drug-likeness (QED) is 0.447. The van der Waals surface area contributed by atoms with Gasteiger partial charge in [0.05, 0.1) is 0 Å². The van der Waals surface area contributed by atoms with Gasteiger partial charge >= 0.3 is 0 Å². The number of hydrogen-bond donors (Lipinski definition) is 0. The van der Waals surface area contributed by atoms with Crippen LogP contribution in [0.15, 0.2) is 36.1 Å². The first-order chi connectivity index (χ1) is 8.73. The third kappa shape index (κ3) is 3.63. The third-order valence-corrected chi connectivity index (χ3v) is 3.51. The molecule has 0 aliphatic heterocycles. The Morgan fingerprint density at radius 2 is 1.79 bits per heavy atom. The molecule has 0 aromatic carbocycles. The minimum absolute atomic E-state index is 1.10. The highest BCUT2D eigenvalue weighted by Crippen LogP contribution is 2.10. The fourth-order valence-electron chi connectivity index (χ4n) is 1.90. The molecule has 0 bridgehead atoms. The first-order valence-electron chi connectivity index (χ1n) is 6.59. The number of aryl methyl sites for hydroxylation is 3. The van der Waals surface area contributed by atoms with E-state index in [4.69, 9.17) is 0 Å². The van der Waals surface area contributed by atoms with Crippen molar-refractivity contribution in [3.05, 3.63) is 52.9 Å². The van der Waals surface area contributed by atoms with Crippen LogP contribution in [0.25, 0.3) is 0 Å². The molecule has 0 amide bonds. The van der Waals surface area contributed by atoms with Crippen LogP contribution in [0.2, 0.25) is 0 Å². The van der Waals surface area contributed by atoms with E-state index in [1.54, 1.807) is 0 Å². The summed E-state index contributed by atoms with van der Waals surface area (Å²) in [5, 5.41) is 0. The lowest BCUT2D eigenvalue weighted by atomic mass is 10.0. The summed E-state index contributed by atoms with van der Waals surface area (Å²) in [6.45, 7) is 12.4. The number of aromatic nitrogens is 1. The van der Waals surface area contributed by atoms with E-state index < -0.39 is 0 Å². The summed E-state index contributed by atoms with van der Waals surface area (Å²) in [5.74, 6) is 0. The van der Waals surface area contributed by atoms with Crippen LogP contribution in [0.5, 0.6) is 0 Å². The Morgan fingerprint density at radius 1 is 1.21 bits per heavy atom. The maximum atomic E-state index is 4.01. The maximum absolute atomic E-state index is 4.01. The highest BCUT2D eigenvalue weighted by Gasteiger charge is 2.21. The van der Waals surface area contributed by atoms with E-state index in [-0.39, 0.29) is 0 Å². The molecule has 2 heteroatoms. The molecule has 1 aromatic heterocycles. The molecule has 2 nitrogen and oxygen atoms in total. The van der Waals surface area contributed by atoms with Crippen molar-refractivity contribution < 1.29 is 9.14 Å². The Hall–Kier alpha value is -1.70. The summed E-state index contributed by atoms with van der Waals surface area (Å²) in [7, 11) is 6.24. The Kier molecular flexibility index (Phi) is 4.82. The molecule has 0 atom stereocenters. The SMILES string of the molecule is C=C(C)C(C)=CC(c1cc(C)c(C)c[n+]1C)=[N+](C)C. The van der Waals surface area contributed by atoms with Crippen LogP contribution < -0.4 is 4.57 Å². The van der Waals surface area contributed by atoms with E-state index in [2.05, 4.69) is 76.0 Å². The third-order valence-electron chi connectivity index (χ3n) is 3.51. The van der Waals surface area contributed by atoms with Crippen LogP contribution in [0.4, 0.5) is 0 Å². The first kappa shape index (κ1) is 15.4. The second-order valence-corrected chi connectivity index (χ2v) is 5.52. The van der Waals surface area contributed by atoms with Gasteiger partial charge in [-0.25, -0.2) is 4.58 Å². The van der Waals surface area contributed by atoms with Gasteiger partial charge in [0.1, 0.15) is 21.1 Å². The van der Waals surface area contributed by atoms with Crippen molar-refractivity contribution in [1.82, 2.24) is 0 Å². The number of rotatable bonds is 3. The molecular weight excluding hydrogens is 232 g/mol. The van der Waals surface area contributed by atoms with Crippen molar-refractivity contribution in [2.75, 3.05) is 14.1 Å². The molecule has 0 aliphatic rings. The van der Waals surface area contributed by atoms with Gasteiger partial charge in [0.2, 0.25) is 0 Å². The monoisotopic (exact) mass is 258 g/mol. The van der Waals surface area contributed by atoms with E-state index in [0.29, 0.717) is 0 Å². The zero-order chi connectivity index (χ0) is 14.7. The van der Waals surface area contributed by atoms with Crippen molar-refractivity contribution in [2.45, 2.75) is 27.7 Å². The fraction of sp³-hybridized carbons (Fsp3) is 0.412. The highest BCUT2D eigenvalue weighted by atomic mass is 15.0. The van der Waals surface area contributed by atoms with Gasteiger partial charge in [-0.1, -0.05) is 12.2 Å². The molecule has 102 valence electrons. The summed E-state index contributed by atoms with van der Waals surface area (Å²) in [4.78, 5) is 0. The summed E-state index contributed by atoms with van der Waals surface area (Å²) < 4.78 is 4.33. The summed E-state index contributed by atoms with van der Waals surface area (Å²) >= 11 is 0.